The number of rotatable bonds is 3. The molecule has 6 nitrogen and oxygen atoms in total. The summed E-state index contributed by atoms with van der Waals surface area (Å²) < 4.78 is 5.37. The Morgan fingerprint density at radius 3 is 2.65 bits per heavy atom. The SMILES string of the molecule is O=C(Nc1nnc(-c2ccccc2)o1)Nc1cccs1. The summed E-state index contributed by atoms with van der Waals surface area (Å²) in [5.74, 6) is 0.358. The fraction of sp³-hybridized carbons (Fsp3) is 0. The van der Waals surface area contributed by atoms with Crippen LogP contribution in [0, 0.1) is 0 Å². The molecule has 0 radical (unpaired) electrons. The zero-order chi connectivity index (χ0) is 13.8. The van der Waals surface area contributed by atoms with Gasteiger partial charge in [0.1, 0.15) is 0 Å². The third kappa shape index (κ3) is 2.83. The number of anilines is 2. The van der Waals surface area contributed by atoms with Gasteiger partial charge in [0.25, 0.3) is 0 Å². The van der Waals surface area contributed by atoms with Gasteiger partial charge >= 0.3 is 12.0 Å². The zero-order valence-electron chi connectivity index (χ0n) is 10.2. The Morgan fingerprint density at radius 1 is 1.05 bits per heavy atom. The highest BCUT2D eigenvalue weighted by molar-refractivity contribution is 7.14. The van der Waals surface area contributed by atoms with Crippen LogP contribution in [-0.4, -0.2) is 16.2 Å². The van der Waals surface area contributed by atoms with Crippen molar-refractivity contribution in [3.05, 3.63) is 47.8 Å². The summed E-state index contributed by atoms with van der Waals surface area (Å²) in [5.41, 5.74) is 0.798. The molecule has 0 fully saturated rings. The molecule has 0 spiro atoms. The smallest absolute Gasteiger partial charge is 0.327 e. The van der Waals surface area contributed by atoms with E-state index < -0.39 is 6.03 Å². The van der Waals surface area contributed by atoms with Crippen LogP contribution in [0.1, 0.15) is 0 Å². The third-order valence-electron chi connectivity index (χ3n) is 2.42. The molecule has 100 valence electrons. The lowest BCUT2D eigenvalue weighted by Gasteiger charge is -2.00. The van der Waals surface area contributed by atoms with E-state index in [2.05, 4.69) is 20.8 Å². The molecule has 2 heterocycles. The number of hydrogen-bond acceptors (Lipinski definition) is 5. The number of thiophene rings is 1. The molecule has 0 saturated carbocycles. The minimum atomic E-state index is -0.421. The Morgan fingerprint density at radius 2 is 1.90 bits per heavy atom. The average Bonchev–Trinajstić information content (AvgIpc) is 3.11. The predicted octanol–water partition coefficient (Wildman–Crippen LogP) is 3.44. The van der Waals surface area contributed by atoms with E-state index in [1.54, 1.807) is 6.07 Å². The monoisotopic (exact) mass is 286 g/mol. The number of aromatic nitrogens is 2. The van der Waals surface area contributed by atoms with Crippen molar-refractivity contribution in [2.24, 2.45) is 0 Å². The largest absolute Gasteiger partial charge is 0.403 e. The first-order chi connectivity index (χ1) is 9.81. The van der Waals surface area contributed by atoms with Gasteiger partial charge in [0.15, 0.2) is 0 Å². The van der Waals surface area contributed by atoms with Crippen LogP contribution in [0.25, 0.3) is 11.5 Å². The molecule has 0 saturated heterocycles. The Labute approximate surface area is 118 Å². The molecule has 0 aliphatic heterocycles. The Kier molecular flexibility index (Phi) is 3.42. The minimum Gasteiger partial charge on any atom is -0.403 e. The quantitative estimate of drug-likeness (QED) is 0.773. The zero-order valence-corrected chi connectivity index (χ0v) is 11.1. The molecule has 2 amide bonds. The number of amides is 2. The second-order valence-electron chi connectivity index (χ2n) is 3.83. The van der Waals surface area contributed by atoms with Crippen molar-refractivity contribution in [1.29, 1.82) is 0 Å². The van der Waals surface area contributed by atoms with Gasteiger partial charge < -0.3 is 4.42 Å². The number of carbonyl (C=O) groups is 1. The third-order valence-corrected chi connectivity index (χ3v) is 3.21. The van der Waals surface area contributed by atoms with E-state index in [1.807, 2.05) is 41.8 Å². The Balaban J connectivity index is 1.67. The van der Waals surface area contributed by atoms with Gasteiger partial charge in [-0.1, -0.05) is 23.3 Å². The first kappa shape index (κ1) is 12.4. The fourth-order valence-corrected chi connectivity index (χ4v) is 2.17. The molecule has 20 heavy (non-hydrogen) atoms. The van der Waals surface area contributed by atoms with E-state index in [-0.39, 0.29) is 6.01 Å². The maximum atomic E-state index is 11.7. The molecule has 3 rings (SSSR count). The lowest BCUT2D eigenvalue weighted by molar-refractivity contribution is 0.261. The maximum absolute atomic E-state index is 11.7. The average molecular weight is 286 g/mol. The van der Waals surface area contributed by atoms with E-state index in [4.69, 9.17) is 4.42 Å². The highest BCUT2D eigenvalue weighted by Crippen LogP contribution is 2.19. The molecule has 1 aromatic carbocycles. The van der Waals surface area contributed by atoms with Crippen molar-refractivity contribution < 1.29 is 9.21 Å². The van der Waals surface area contributed by atoms with Gasteiger partial charge in [0, 0.05) is 5.56 Å². The van der Waals surface area contributed by atoms with Crippen molar-refractivity contribution in [2.45, 2.75) is 0 Å². The summed E-state index contributed by atoms with van der Waals surface area (Å²) >= 11 is 1.43. The van der Waals surface area contributed by atoms with Crippen LogP contribution >= 0.6 is 11.3 Å². The second kappa shape index (κ2) is 5.54. The van der Waals surface area contributed by atoms with Gasteiger partial charge in [0.05, 0.1) is 5.00 Å². The lowest BCUT2D eigenvalue weighted by Crippen LogP contribution is -2.18. The molecule has 7 heteroatoms. The molecule has 0 aliphatic rings. The second-order valence-corrected chi connectivity index (χ2v) is 4.78. The molecular formula is C13H10N4O2S. The molecular weight excluding hydrogens is 276 g/mol. The molecule has 3 aromatic rings. The Bertz CT molecular complexity index is 694. The summed E-state index contributed by atoms with van der Waals surface area (Å²) in [7, 11) is 0. The summed E-state index contributed by atoms with van der Waals surface area (Å²) in [5, 5.41) is 15.4. The molecule has 0 bridgehead atoms. The van der Waals surface area contributed by atoms with Crippen LogP contribution in [0.3, 0.4) is 0 Å². The number of urea groups is 1. The number of carbonyl (C=O) groups excluding carboxylic acids is 1. The fourth-order valence-electron chi connectivity index (χ4n) is 1.56. The highest BCUT2D eigenvalue weighted by atomic mass is 32.1. The van der Waals surface area contributed by atoms with Crippen LogP contribution < -0.4 is 10.6 Å². The van der Waals surface area contributed by atoms with Crippen molar-refractivity contribution in [3.63, 3.8) is 0 Å². The van der Waals surface area contributed by atoms with Crippen LogP contribution in [-0.2, 0) is 0 Å². The van der Waals surface area contributed by atoms with Gasteiger partial charge in [0.2, 0.25) is 5.89 Å². The predicted molar refractivity (Wildman–Crippen MR) is 76.7 cm³/mol. The standard InChI is InChI=1S/C13H10N4O2S/c18-12(14-10-7-4-8-20-10)15-13-17-16-11(19-13)9-5-2-1-3-6-9/h1-8H,(H2,14,15,17,18). The highest BCUT2D eigenvalue weighted by Gasteiger charge is 2.11. The lowest BCUT2D eigenvalue weighted by atomic mass is 10.2. The van der Waals surface area contributed by atoms with E-state index in [9.17, 15) is 4.79 Å². The van der Waals surface area contributed by atoms with Gasteiger partial charge in [-0.2, -0.15) is 0 Å². The first-order valence-corrected chi connectivity index (χ1v) is 6.70. The Hall–Kier alpha value is -2.67. The molecule has 2 N–H and O–H groups in total. The van der Waals surface area contributed by atoms with E-state index in [1.165, 1.54) is 11.3 Å². The number of benzene rings is 1. The van der Waals surface area contributed by atoms with Gasteiger partial charge in [-0.3, -0.25) is 10.6 Å². The number of nitrogens with one attached hydrogen (secondary N) is 2. The summed E-state index contributed by atoms with van der Waals surface area (Å²) in [6, 6.07) is 12.6. The maximum Gasteiger partial charge on any atom is 0.327 e. The van der Waals surface area contributed by atoms with E-state index in [0.29, 0.717) is 5.89 Å². The normalized spacial score (nSPS) is 10.2. The van der Waals surface area contributed by atoms with Crippen molar-refractivity contribution >= 4 is 28.4 Å². The number of hydrogen-bond donors (Lipinski definition) is 2. The summed E-state index contributed by atoms with van der Waals surface area (Å²) in [4.78, 5) is 11.7. The minimum absolute atomic E-state index is 0.0536. The summed E-state index contributed by atoms with van der Waals surface area (Å²) in [6.45, 7) is 0. The molecule has 2 aromatic heterocycles. The van der Waals surface area contributed by atoms with Crippen molar-refractivity contribution in [3.8, 4) is 11.5 Å². The molecule has 0 unspecified atom stereocenters. The number of nitrogens with zero attached hydrogens (tertiary/aromatic N) is 2. The topological polar surface area (TPSA) is 80.1 Å². The van der Waals surface area contributed by atoms with Gasteiger partial charge in [-0.05, 0) is 29.6 Å². The molecule has 0 atom stereocenters. The van der Waals surface area contributed by atoms with E-state index >= 15 is 0 Å². The molecule has 0 aliphatic carbocycles. The van der Waals surface area contributed by atoms with Crippen LogP contribution in [0.4, 0.5) is 15.8 Å². The van der Waals surface area contributed by atoms with Gasteiger partial charge in [-0.15, -0.1) is 16.4 Å². The van der Waals surface area contributed by atoms with Crippen molar-refractivity contribution in [1.82, 2.24) is 10.2 Å². The van der Waals surface area contributed by atoms with E-state index in [0.717, 1.165) is 10.6 Å². The van der Waals surface area contributed by atoms with Crippen LogP contribution in [0.5, 0.6) is 0 Å². The van der Waals surface area contributed by atoms with Gasteiger partial charge in [-0.25, -0.2) is 4.79 Å². The van der Waals surface area contributed by atoms with Crippen LogP contribution in [0.15, 0.2) is 52.3 Å². The van der Waals surface area contributed by atoms with Crippen molar-refractivity contribution in [2.75, 3.05) is 10.6 Å². The van der Waals surface area contributed by atoms with Crippen LogP contribution in [0.2, 0.25) is 0 Å². The summed E-state index contributed by atoms with van der Waals surface area (Å²) in [6.07, 6.45) is 0. The first-order valence-electron chi connectivity index (χ1n) is 5.82.